The monoisotopic (exact) mass is 510 g/mol. The number of carbonyl (C=O) groups excluding carboxylic acids is 1. The normalized spacial score (nSPS) is 10.8. The summed E-state index contributed by atoms with van der Waals surface area (Å²) in [4.78, 5) is 12.0. The van der Waals surface area contributed by atoms with E-state index in [0.717, 1.165) is 26.9 Å². The molecule has 0 radical (unpaired) electrons. The van der Waals surface area contributed by atoms with Gasteiger partial charge in [0.15, 0.2) is 11.5 Å². The van der Waals surface area contributed by atoms with Gasteiger partial charge < -0.3 is 14.2 Å². The number of hydrazone groups is 1. The fraction of sp³-hybridized carbons (Fsp3) is 0.231. The fourth-order valence-electron chi connectivity index (χ4n) is 2.99. The predicted molar refractivity (Wildman–Crippen MR) is 133 cm³/mol. The van der Waals surface area contributed by atoms with E-state index in [1.807, 2.05) is 73.7 Å². The first-order valence-corrected chi connectivity index (χ1v) is 11.4. The molecular formula is C26H27BrN2O4. The first-order valence-electron chi connectivity index (χ1n) is 10.6. The van der Waals surface area contributed by atoms with E-state index < -0.39 is 0 Å². The van der Waals surface area contributed by atoms with Gasteiger partial charge in [-0.25, -0.2) is 5.43 Å². The van der Waals surface area contributed by atoms with Gasteiger partial charge in [-0.2, -0.15) is 5.10 Å². The number of amides is 1. The molecule has 0 spiro atoms. The molecule has 6 nitrogen and oxygen atoms in total. The van der Waals surface area contributed by atoms with Gasteiger partial charge >= 0.3 is 0 Å². The van der Waals surface area contributed by atoms with Gasteiger partial charge in [-0.1, -0.05) is 36.4 Å². The van der Waals surface area contributed by atoms with E-state index in [1.54, 1.807) is 13.3 Å². The Labute approximate surface area is 202 Å². The van der Waals surface area contributed by atoms with E-state index in [1.165, 1.54) is 0 Å². The average molecular weight is 511 g/mol. The van der Waals surface area contributed by atoms with Crippen molar-refractivity contribution in [2.75, 3.05) is 13.7 Å². The summed E-state index contributed by atoms with van der Waals surface area (Å²) in [6.45, 7) is 2.91. The summed E-state index contributed by atoms with van der Waals surface area (Å²) < 4.78 is 17.9. The van der Waals surface area contributed by atoms with Crippen LogP contribution in [0.4, 0.5) is 0 Å². The molecule has 3 aromatic carbocycles. The number of methoxy groups -OCH3 is 1. The summed E-state index contributed by atoms with van der Waals surface area (Å²) in [5.74, 6) is 1.83. The van der Waals surface area contributed by atoms with Crippen LogP contribution >= 0.6 is 15.9 Å². The van der Waals surface area contributed by atoms with Crippen LogP contribution in [0, 0.1) is 6.92 Å². The Morgan fingerprint density at radius 3 is 2.55 bits per heavy atom. The van der Waals surface area contributed by atoms with Crippen LogP contribution in [-0.4, -0.2) is 25.8 Å². The zero-order valence-electron chi connectivity index (χ0n) is 18.7. The molecule has 0 saturated carbocycles. The van der Waals surface area contributed by atoms with Crippen LogP contribution in [-0.2, 0) is 11.4 Å². The molecule has 0 fully saturated rings. The maximum Gasteiger partial charge on any atom is 0.240 e. The van der Waals surface area contributed by atoms with E-state index in [9.17, 15) is 4.79 Å². The van der Waals surface area contributed by atoms with Crippen LogP contribution in [0.25, 0.3) is 0 Å². The highest BCUT2D eigenvalue weighted by Crippen LogP contribution is 2.28. The number of nitrogens with zero attached hydrogens (tertiary/aromatic N) is 1. The number of rotatable bonds is 11. The zero-order valence-corrected chi connectivity index (χ0v) is 20.3. The number of halogens is 1. The zero-order chi connectivity index (χ0) is 23.5. The fourth-order valence-corrected chi connectivity index (χ4v) is 3.60. The molecule has 3 aromatic rings. The summed E-state index contributed by atoms with van der Waals surface area (Å²) in [6, 6.07) is 21.3. The van der Waals surface area contributed by atoms with E-state index in [2.05, 4.69) is 26.5 Å². The van der Waals surface area contributed by atoms with Crippen LogP contribution in [0.1, 0.15) is 29.5 Å². The standard InChI is InChI=1S/C26H27BrN2O4/c1-19-10-12-23(22(27)15-19)32-14-6-9-26(30)29-28-17-21-11-13-24(25(16-21)31-2)33-18-20-7-4-3-5-8-20/h3-5,7-8,10-13,15-17H,6,9,14,18H2,1-2H3,(H,29,30)/b28-17+. The number of hydrogen-bond acceptors (Lipinski definition) is 5. The topological polar surface area (TPSA) is 69.2 Å². The van der Waals surface area contributed by atoms with Gasteiger partial charge in [0, 0.05) is 6.42 Å². The molecular weight excluding hydrogens is 484 g/mol. The molecule has 0 unspecified atom stereocenters. The lowest BCUT2D eigenvalue weighted by molar-refractivity contribution is -0.121. The van der Waals surface area contributed by atoms with Crippen LogP contribution in [0.5, 0.6) is 17.2 Å². The second-order valence-electron chi connectivity index (χ2n) is 7.36. The molecule has 33 heavy (non-hydrogen) atoms. The van der Waals surface area contributed by atoms with E-state index in [0.29, 0.717) is 37.6 Å². The summed E-state index contributed by atoms with van der Waals surface area (Å²) in [7, 11) is 1.59. The first kappa shape index (κ1) is 24.3. The molecule has 0 aromatic heterocycles. The molecule has 1 N–H and O–H groups in total. The molecule has 0 heterocycles. The molecule has 7 heteroatoms. The summed E-state index contributed by atoms with van der Waals surface area (Å²) in [6.07, 6.45) is 2.47. The maximum absolute atomic E-state index is 12.0. The Morgan fingerprint density at radius 2 is 1.79 bits per heavy atom. The van der Waals surface area contributed by atoms with Crippen LogP contribution in [0.15, 0.2) is 76.3 Å². The molecule has 0 aliphatic rings. The lowest BCUT2D eigenvalue weighted by Crippen LogP contribution is -2.18. The first-order chi connectivity index (χ1) is 16.0. The SMILES string of the molecule is COc1cc(/C=N/NC(=O)CCCOc2ccc(C)cc2Br)ccc1OCc1ccccc1. The average Bonchev–Trinajstić information content (AvgIpc) is 2.82. The van der Waals surface area contributed by atoms with E-state index in [-0.39, 0.29) is 5.91 Å². The van der Waals surface area contributed by atoms with Gasteiger partial charge in [0.25, 0.3) is 0 Å². The number of ether oxygens (including phenoxy) is 3. The van der Waals surface area contributed by atoms with Gasteiger partial charge in [-0.15, -0.1) is 0 Å². The van der Waals surface area contributed by atoms with Gasteiger partial charge in [0.05, 0.1) is 24.4 Å². The van der Waals surface area contributed by atoms with Crippen molar-refractivity contribution < 1.29 is 19.0 Å². The highest BCUT2D eigenvalue weighted by Gasteiger charge is 2.06. The molecule has 0 aliphatic carbocycles. The Bertz CT molecular complexity index is 1090. The highest BCUT2D eigenvalue weighted by atomic mass is 79.9. The smallest absolute Gasteiger partial charge is 0.240 e. The molecule has 3 rings (SSSR count). The second kappa shape index (κ2) is 12.6. The van der Waals surface area contributed by atoms with Crippen molar-refractivity contribution in [2.24, 2.45) is 5.10 Å². The lowest BCUT2D eigenvalue weighted by Gasteiger charge is -2.11. The Morgan fingerprint density at radius 1 is 1.00 bits per heavy atom. The summed E-state index contributed by atoms with van der Waals surface area (Å²) in [5.41, 5.74) is 5.55. The van der Waals surface area contributed by atoms with Crippen molar-refractivity contribution >= 4 is 28.1 Å². The highest BCUT2D eigenvalue weighted by molar-refractivity contribution is 9.10. The largest absolute Gasteiger partial charge is 0.493 e. The lowest BCUT2D eigenvalue weighted by atomic mass is 10.2. The third-order valence-electron chi connectivity index (χ3n) is 4.72. The number of aryl methyl sites for hydroxylation is 1. The molecule has 0 bridgehead atoms. The van der Waals surface area contributed by atoms with Crippen molar-refractivity contribution in [2.45, 2.75) is 26.4 Å². The van der Waals surface area contributed by atoms with Crippen molar-refractivity contribution in [1.82, 2.24) is 5.43 Å². The minimum absolute atomic E-state index is 0.174. The molecule has 172 valence electrons. The molecule has 0 atom stereocenters. The van der Waals surface area contributed by atoms with Crippen molar-refractivity contribution in [3.05, 3.63) is 87.9 Å². The second-order valence-corrected chi connectivity index (χ2v) is 8.22. The van der Waals surface area contributed by atoms with Crippen molar-refractivity contribution in [1.29, 1.82) is 0 Å². The quantitative estimate of drug-likeness (QED) is 0.205. The summed E-state index contributed by atoms with van der Waals surface area (Å²) >= 11 is 3.48. The van der Waals surface area contributed by atoms with Crippen molar-refractivity contribution in [3.8, 4) is 17.2 Å². The van der Waals surface area contributed by atoms with Crippen LogP contribution in [0.2, 0.25) is 0 Å². The minimum Gasteiger partial charge on any atom is -0.493 e. The number of hydrogen-bond donors (Lipinski definition) is 1. The predicted octanol–water partition coefficient (Wildman–Crippen LogP) is 5.65. The third kappa shape index (κ3) is 7.95. The Balaban J connectivity index is 1.42. The minimum atomic E-state index is -0.174. The number of benzene rings is 3. The molecule has 0 saturated heterocycles. The number of carbonyl (C=O) groups is 1. The van der Waals surface area contributed by atoms with Gasteiger partial charge in [-0.05, 0) is 76.3 Å². The number of nitrogens with one attached hydrogen (secondary N) is 1. The summed E-state index contributed by atoms with van der Waals surface area (Å²) in [5, 5.41) is 4.03. The van der Waals surface area contributed by atoms with Crippen molar-refractivity contribution in [3.63, 3.8) is 0 Å². The van der Waals surface area contributed by atoms with Gasteiger partial charge in [0.1, 0.15) is 12.4 Å². The van der Waals surface area contributed by atoms with Gasteiger partial charge in [-0.3, -0.25) is 4.79 Å². The van der Waals surface area contributed by atoms with E-state index in [4.69, 9.17) is 14.2 Å². The Hall–Kier alpha value is -3.32. The molecule has 0 aliphatic heterocycles. The molecule has 1 amide bonds. The maximum atomic E-state index is 12.0. The Kier molecular flexibility index (Phi) is 9.32. The van der Waals surface area contributed by atoms with Crippen LogP contribution < -0.4 is 19.6 Å². The third-order valence-corrected chi connectivity index (χ3v) is 5.34. The van der Waals surface area contributed by atoms with E-state index >= 15 is 0 Å². The van der Waals surface area contributed by atoms with Crippen LogP contribution in [0.3, 0.4) is 0 Å². The van der Waals surface area contributed by atoms with Gasteiger partial charge in [0.2, 0.25) is 5.91 Å².